The van der Waals surface area contributed by atoms with Crippen molar-refractivity contribution in [3.05, 3.63) is 47.0 Å². The molecular weight excluding hydrogens is 328 g/mol. The van der Waals surface area contributed by atoms with Gasteiger partial charge in [0.05, 0.1) is 18.8 Å². The number of carbonyl (C=O) groups is 1. The summed E-state index contributed by atoms with van der Waals surface area (Å²) in [4.78, 5) is 23.5. The fourth-order valence-corrected chi connectivity index (χ4v) is 3.50. The number of fused-ring (bicyclic) bond motifs is 2. The molecule has 4 rings (SSSR count). The molecule has 3 heterocycles. The normalized spacial score (nSPS) is 17.8. The van der Waals surface area contributed by atoms with E-state index in [1.54, 1.807) is 4.90 Å². The number of nitrogens with one attached hydrogen (secondary N) is 1. The van der Waals surface area contributed by atoms with Gasteiger partial charge in [0.1, 0.15) is 17.7 Å². The molecule has 0 spiro atoms. The third-order valence-corrected chi connectivity index (χ3v) is 4.73. The van der Waals surface area contributed by atoms with Crippen LogP contribution in [0, 0.1) is 5.92 Å². The molecule has 6 heteroatoms. The van der Waals surface area contributed by atoms with Crippen LogP contribution in [0.15, 0.2) is 24.4 Å². The third kappa shape index (κ3) is 3.36. The Labute approximate surface area is 153 Å². The number of hydrogen-bond donors (Lipinski definition) is 1. The van der Waals surface area contributed by atoms with Crippen LogP contribution in [0.2, 0.25) is 0 Å². The number of aromatic nitrogens is 2. The van der Waals surface area contributed by atoms with E-state index in [1.165, 1.54) is 0 Å². The lowest BCUT2D eigenvalue weighted by Crippen LogP contribution is -2.30. The van der Waals surface area contributed by atoms with Crippen LogP contribution in [0.25, 0.3) is 0 Å². The lowest BCUT2D eigenvalue weighted by atomic mass is 10.1. The lowest BCUT2D eigenvalue weighted by Gasteiger charge is -2.16. The van der Waals surface area contributed by atoms with Gasteiger partial charge in [-0.2, -0.15) is 0 Å². The molecule has 6 nitrogen and oxygen atoms in total. The van der Waals surface area contributed by atoms with Gasteiger partial charge in [-0.1, -0.05) is 13.8 Å². The summed E-state index contributed by atoms with van der Waals surface area (Å²) >= 11 is 0. The summed E-state index contributed by atoms with van der Waals surface area (Å²) in [6, 6.07) is 5.70. The van der Waals surface area contributed by atoms with E-state index in [4.69, 9.17) is 4.74 Å². The first kappa shape index (κ1) is 16.8. The predicted octanol–water partition coefficient (Wildman–Crippen LogP) is 3.55. The van der Waals surface area contributed by atoms with Gasteiger partial charge in [0, 0.05) is 30.3 Å². The summed E-state index contributed by atoms with van der Waals surface area (Å²) in [5, 5.41) is 2.99. The molecule has 2 aliphatic heterocycles. The molecule has 2 aromatic rings. The number of amides is 2. The number of urea groups is 1. The molecule has 1 N–H and O–H groups in total. The second kappa shape index (κ2) is 6.59. The highest BCUT2D eigenvalue weighted by Gasteiger charge is 2.26. The number of carbonyl (C=O) groups excluding carboxylic acids is 1. The molecule has 0 saturated heterocycles. The highest BCUT2D eigenvalue weighted by molar-refractivity contribution is 5.89. The van der Waals surface area contributed by atoms with Crippen molar-refractivity contribution >= 4 is 11.7 Å². The van der Waals surface area contributed by atoms with E-state index in [9.17, 15) is 4.79 Å². The van der Waals surface area contributed by atoms with Gasteiger partial charge in [0.2, 0.25) is 0 Å². The molecule has 1 aromatic heterocycles. The maximum Gasteiger partial charge on any atom is 0.322 e. The quantitative estimate of drug-likeness (QED) is 0.917. The summed E-state index contributed by atoms with van der Waals surface area (Å²) in [6.45, 7) is 7.43. The van der Waals surface area contributed by atoms with Crippen molar-refractivity contribution in [2.24, 2.45) is 5.92 Å². The van der Waals surface area contributed by atoms with Crippen LogP contribution >= 0.6 is 0 Å². The van der Waals surface area contributed by atoms with Crippen molar-refractivity contribution in [3.63, 3.8) is 0 Å². The first-order chi connectivity index (χ1) is 12.5. The van der Waals surface area contributed by atoms with Crippen molar-refractivity contribution in [2.45, 2.75) is 52.8 Å². The standard InChI is InChI=1S/C20H24N4O2/c1-12(2)6-19-21-9-15-10-24(11-17(15)23-19)20(25)22-16-4-5-18-14(8-16)7-13(3)26-18/h4-5,8-9,12-13H,6-7,10-11H2,1-3H3,(H,22,25)/t13-/m1/s1. The van der Waals surface area contributed by atoms with E-state index in [0.29, 0.717) is 19.0 Å². The molecule has 1 atom stereocenters. The second-order valence-electron chi connectivity index (χ2n) is 7.60. The monoisotopic (exact) mass is 352 g/mol. The summed E-state index contributed by atoms with van der Waals surface area (Å²) in [5.41, 5.74) is 3.93. The van der Waals surface area contributed by atoms with Gasteiger partial charge in [-0.3, -0.25) is 0 Å². The molecule has 0 fully saturated rings. The van der Waals surface area contributed by atoms with E-state index in [0.717, 1.165) is 46.9 Å². The molecule has 0 radical (unpaired) electrons. The van der Waals surface area contributed by atoms with Crippen LogP contribution in [-0.2, 0) is 25.9 Å². The Kier molecular flexibility index (Phi) is 4.26. The largest absolute Gasteiger partial charge is 0.490 e. The number of benzene rings is 1. The summed E-state index contributed by atoms with van der Waals surface area (Å²) in [6.07, 6.45) is 3.79. The van der Waals surface area contributed by atoms with Crippen molar-refractivity contribution in [2.75, 3.05) is 5.32 Å². The number of rotatable bonds is 3. The van der Waals surface area contributed by atoms with Crippen LogP contribution < -0.4 is 10.1 Å². The molecule has 2 amide bonds. The fraction of sp³-hybridized carbons (Fsp3) is 0.450. The van der Waals surface area contributed by atoms with E-state index >= 15 is 0 Å². The van der Waals surface area contributed by atoms with Gasteiger partial charge in [-0.05, 0) is 36.6 Å². The smallest absolute Gasteiger partial charge is 0.322 e. The Morgan fingerprint density at radius 1 is 1.35 bits per heavy atom. The van der Waals surface area contributed by atoms with Crippen molar-refractivity contribution in [1.29, 1.82) is 0 Å². The highest BCUT2D eigenvalue weighted by Crippen LogP contribution is 2.31. The lowest BCUT2D eigenvalue weighted by molar-refractivity contribution is 0.212. The van der Waals surface area contributed by atoms with Gasteiger partial charge < -0.3 is 15.0 Å². The molecule has 2 aliphatic rings. The summed E-state index contributed by atoms with van der Waals surface area (Å²) in [7, 11) is 0. The average Bonchev–Trinajstić information content (AvgIpc) is 3.15. The van der Waals surface area contributed by atoms with Crippen molar-refractivity contribution < 1.29 is 9.53 Å². The Balaban J connectivity index is 1.42. The molecule has 26 heavy (non-hydrogen) atoms. The van der Waals surface area contributed by atoms with E-state index in [2.05, 4.69) is 29.1 Å². The molecule has 0 saturated carbocycles. The maximum absolute atomic E-state index is 12.6. The Morgan fingerprint density at radius 2 is 2.19 bits per heavy atom. The van der Waals surface area contributed by atoms with Crippen LogP contribution in [0.3, 0.4) is 0 Å². The Bertz CT molecular complexity index is 850. The van der Waals surface area contributed by atoms with E-state index in [1.807, 2.05) is 31.3 Å². The van der Waals surface area contributed by atoms with Crippen LogP contribution in [0.5, 0.6) is 5.75 Å². The van der Waals surface area contributed by atoms with Crippen LogP contribution in [0.1, 0.15) is 43.4 Å². The van der Waals surface area contributed by atoms with Gasteiger partial charge in [-0.25, -0.2) is 14.8 Å². The van der Waals surface area contributed by atoms with Gasteiger partial charge >= 0.3 is 6.03 Å². The summed E-state index contributed by atoms with van der Waals surface area (Å²) < 4.78 is 5.71. The zero-order valence-electron chi connectivity index (χ0n) is 15.5. The molecule has 0 aliphatic carbocycles. The first-order valence-corrected chi connectivity index (χ1v) is 9.17. The minimum Gasteiger partial charge on any atom is -0.490 e. The zero-order valence-corrected chi connectivity index (χ0v) is 15.5. The van der Waals surface area contributed by atoms with Gasteiger partial charge in [0.15, 0.2) is 0 Å². The van der Waals surface area contributed by atoms with E-state index < -0.39 is 0 Å². The highest BCUT2D eigenvalue weighted by atomic mass is 16.5. The number of anilines is 1. The van der Waals surface area contributed by atoms with Crippen LogP contribution in [0.4, 0.5) is 10.5 Å². The van der Waals surface area contributed by atoms with Crippen molar-refractivity contribution in [3.8, 4) is 5.75 Å². The fourth-order valence-electron chi connectivity index (χ4n) is 3.50. The molecule has 1 aromatic carbocycles. The van der Waals surface area contributed by atoms with Crippen molar-refractivity contribution in [1.82, 2.24) is 14.9 Å². The van der Waals surface area contributed by atoms with Gasteiger partial charge in [0.25, 0.3) is 0 Å². The summed E-state index contributed by atoms with van der Waals surface area (Å²) in [5.74, 6) is 2.28. The van der Waals surface area contributed by atoms with Crippen LogP contribution in [-0.4, -0.2) is 27.0 Å². The van der Waals surface area contributed by atoms with E-state index in [-0.39, 0.29) is 12.1 Å². The minimum absolute atomic E-state index is 0.111. The maximum atomic E-state index is 12.6. The molecule has 0 bridgehead atoms. The number of hydrogen-bond acceptors (Lipinski definition) is 4. The minimum atomic E-state index is -0.111. The average molecular weight is 352 g/mol. The number of ether oxygens (including phenoxy) is 1. The predicted molar refractivity (Wildman–Crippen MR) is 99.1 cm³/mol. The molecular formula is C20H24N4O2. The zero-order chi connectivity index (χ0) is 18.3. The first-order valence-electron chi connectivity index (χ1n) is 9.17. The number of nitrogens with zero attached hydrogens (tertiary/aromatic N) is 3. The molecule has 0 unspecified atom stereocenters. The third-order valence-electron chi connectivity index (χ3n) is 4.73. The van der Waals surface area contributed by atoms with Gasteiger partial charge in [-0.15, -0.1) is 0 Å². The Hall–Kier alpha value is -2.63. The topological polar surface area (TPSA) is 67.4 Å². The second-order valence-corrected chi connectivity index (χ2v) is 7.60. The molecule has 136 valence electrons. The Morgan fingerprint density at radius 3 is 3.00 bits per heavy atom. The SMILES string of the molecule is CC(C)Cc1ncc2c(n1)CN(C(=O)Nc1ccc3c(c1)C[C@@H](C)O3)C2.